The Bertz CT molecular complexity index is 494. The predicted octanol–water partition coefficient (Wildman–Crippen LogP) is 0.695. The van der Waals surface area contributed by atoms with E-state index in [0.29, 0.717) is 17.9 Å². The molecule has 0 aliphatic carbocycles. The molecule has 84 valence electrons. The van der Waals surface area contributed by atoms with Crippen molar-refractivity contribution in [3.05, 3.63) is 36.0 Å². The molecule has 1 aromatic carbocycles. The molecule has 2 rings (SSSR count). The van der Waals surface area contributed by atoms with Crippen molar-refractivity contribution in [3.8, 4) is 11.4 Å². The molecule has 0 bridgehead atoms. The molecule has 0 aliphatic rings. The molecule has 4 N–H and O–H groups in total. The first-order chi connectivity index (χ1) is 7.74. The maximum absolute atomic E-state index is 9.66. The van der Waals surface area contributed by atoms with Crippen LogP contribution in [-0.2, 0) is 6.42 Å². The third-order valence-corrected chi connectivity index (χ3v) is 2.38. The van der Waals surface area contributed by atoms with Gasteiger partial charge in [0, 0.05) is 18.6 Å². The second kappa shape index (κ2) is 4.24. The minimum absolute atomic E-state index is 0.0245. The highest BCUT2D eigenvalue weighted by atomic mass is 16.3. The quantitative estimate of drug-likeness (QED) is 0.709. The topological polar surface area (TPSA) is 84.3 Å². The third kappa shape index (κ3) is 1.72. The van der Waals surface area contributed by atoms with Gasteiger partial charge in [-0.1, -0.05) is 12.1 Å². The van der Waals surface area contributed by atoms with Crippen molar-refractivity contribution in [2.24, 2.45) is 0 Å². The lowest BCUT2D eigenvalue weighted by Crippen LogP contribution is -2.04. The third-order valence-electron chi connectivity index (χ3n) is 2.38. The van der Waals surface area contributed by atoms with Gasteiger partial charge in [0.25, 0.3) is 0 Å². The number of aliphatic hydroxyl groups is 1. The Morgan fingerprint density at radius 3 is 2.75 bits per heavy atom. The smallest absolute Gasteiger partial charge is 0.141 e. The van der Waals surface area contributed by atoms with Crippen LogP contribution in [-0.4, -0.2) is 26.6 Å². The Hall–Kier alpha value is -2.01. The lowest BCUT2D eigenvalue weighted by atomic mass is 10.2. The molecule has 5 nitrogen and oxygen atoms in total. The van der Waals surface area contributed by atoms with E-state index in [9.17, 15) is 5.11 Å². The average Bonchev–Trinajstić information content (AvgIpc) is 2.62. The monoisotopic (exact) mass is 219 g/mol. The zero-order chi connectivity index (χ0) is 11.5. The number of aromatic hydroxyl groups is 1. The van der Waals surface area contributed by atoms with Crippen LogP contribution in [0.2, 0.25) is 0 Å². The number of nitrogens with two attached hydrogens (primary N) is 1. The van der Waals surface area contributed by atoms with Crippen LogP contribution >= 0.6 is 0 Å². The number of nitrogen functional groups attached to an aromatic ring is 1. The summed E-state index contributed by atoms with van der Waals surface area (Å²) >= 11 is 0. The summed E-state index contributed by atoms with van der Waals surface area (Å²) in [4.78, 5) is 0. The predicted molar refractivity (Wildman–Crippen MR) is 60.4 cm³/mol. The minimum Gasteiger partial charge on any atom is -0.506 e. The van der Waals surface area contributed by atoms with E-state index < -0.39 is 0 Å². The Morgan fingerprint density at radius 2 is 2.06 bits per heavy atom. The zero-order valence-corrected chi connectivity index (χ0v) is 8.67. The highest BCUT2D eigenvalue weighted by Gasteiger charge is 2.10. The van der Waals surface area contributed by atoms with Crippen LogP contribution in [0.1, 0.15) is 5.56 Å². The van der Waals surface area contributed by atoms with Crippen molar-refractivity contribution in [2.75, 3.05) is 12.3 Å². The van der Waals surface area contributed by atoms with Crippen molar-refractivity contribution < 1.29 is 10.2 Å². The summed E-state index contributed by atoms with van der Waals surface area (Å²) in [5.74, 6) is 0.559. The lowest BCUT2D eigenvalue weighted by molar-refractivity contribution is 0.300. The number of hydrogen-bond acceptors (Lipinski definition) is 4. The van der Waals surface area contributed by atoms with E-state index in [4.69, 9.17) is 10.8 Å². The molecule has 0 saturated heterocycles. The van der Waals surface area contributed by atoms with Gasteiger partial charge in [0.15, 0.2) is 0 Å². The molecule has 0 amide bonds. The molecule has 1 heterocycles. The van der Waals surface area contributed by atoms with Gasteiger partial charge in [-0.3, -0.25) is 0 Å². The molecular formula is C11H13N3O2. The van der Waals surface area contributed by atoms with E-state index in [1.807, 2.05) is 0 Å². The van der Waals surface area contributed by atoms with E-state index in [-0.39, 0.29) is 12.4 Å². The van der Waals surface area contributed by atoms with Crippen LogP contribution in [0.4, 0.5) is 5.82 Å². The number of para-hydroxylation sites is 2. The van der Waals surface area contributed by atoms with Gasteiger partial charge >= 0.3 is 0 Å². The number of nitrogens with zero attached hydrogens (tertiary/aromatic N) is 2. The molecule has 0 atom stereocenters. The molecular weight excluding hydrogens is 206 g/mol. The van der Waals surface area contributed by atoms with Gasteiger partial charge in [-0.15, -0.1) is 0 Å². The van der Waals surface area contributed by atoms with Crippen LogP contribution < -0.4 is 5.73 Å². The van der Waals surface area contributed by atoms with Crippen molar-refractivity contribution in [1.29, 1.82) is 0 Å². The number of phenolic OH excluding ortho intramolecular Hbond substituents is 1. The summed E-state index contributed by atoms with van der Waals surface area (Å²) in [5.41, 5.74) is 7.17. The van der Waals surface area contributed by atoms with Crippen LogP contribution in [0, 0.1) is 0 Å². The Morgan fingerprint density at radius 1 is 1.31 bits per heavy atom. The Labute approximate surface area is 92.8 Å². The highest BCUT2D eigenvalue weighted by Crippen LogP contribution is 2.24. The molecule has 1 aromatic heterocycles. The summed E-state index contributed by atoms with van der Waals surface area (Å²) in [6.07, 6.45) is 2.05. The van der Waals surface area contributed by atoms with Crippen molar-refractivity contribution >= 4 is 5.82 Å². The Balaban J connectivity index is 2.45. The fourth-order valence-electron chi connectivity index (χ4n) is 1.54. The van der Waals surface area contributed by atoms with Gasteiger partial charge in [-0.2, -0.15) is 5.10 Å². The van der Waals surface area contributed by atoms with Crippen molar-refractivity contribution in [1.82, 2.24) is 9.78 Å². The fraction of sp³-hybridized carbons (Fsp3) is 0.182. The molecule has 0 fully saturated rings. The summed E-state index contributed by atoms with van der Waals surface area (Å²) in [7, 11) is 0. The Kier molecular flexibility index (Phi) is 2.78. The number of aliphatic hydroxyl groups excluding tert-OH is 1. The van der Waals surface area contributed by atoms with Crippen molar-refractivity contribution in [2.45, 2.75) is 6.42 Å². The molecule has 0 aliphatic heterocycles. The first-order valence-electron chi connectivity index (χ1n) is 4.95. The van der Waals surface area contributed by atoms with Gasteiger partial charge in [0.05, 0.1) is 6.20 Å². The SMILES string of the molecule is Nc1c(CCO)cnn1-c1ccccc1O. The summed E-state index contributed by atoms with van der Waals surface area (Å²) in [6, 6.07) is 6.82. The van der Waals surface area contributed by atoms with Gasteiger partial charge in [0.1, 0.15) is 17.3 Å². The van der Waals surface area contributed by atoms with E-state index in [1.54, 1.807) is 30.5 Å². The second-order valence-electron chi connectivity index (χ2n) is 3.43. The van der Waals surface area contributed by atoms with Crippen LogP contribution in [0.25, 0.3) is 5.69 Å². The minimum atomic E-state index is 0.0245. The molecule has 0 spiro atoms. The molecule has 0 radical (unpaired) electrons. The summed E-state index contributed by atoms with van der Waals surface area (Å²) < 4.78 is 1.46. The van der Waals surface area contributed by atoms with Crippen LogP contribution in [0.15, 0.2) is 30.5 Å². The molecule has 2 aromatic rings. The molecule has 16 heavy (non-hydrogen) atoms. The molecule has 0 saturated carbocycles. The van der Waals surface area contributed by atoms with Crippen LogP contribution in [0.5, 0.6) is 5.75 Å². The largest absolute Gasteiger partial charge is 0.506 e. The summed E-state index contributed by atoms with van der Waals surface area (Å²) in [5, 5.41) is 22.6. The molecule has 5 heteroatoms. The average molecular weight is 219 g/mol. The van der Waals surface area contributed by atoms with Gasteiger partial charge in [0.2, 0.25) is 0 Å². The molecule has 0 unspecified atom stereocenters. The number of hydrogen-bond donors (Lipinski definition) is 3. The first kappa shape index (κ1) is 10.5. The first-order valence-corrected chi connectivity index (χ1v) is 4.95. The van der Waals surface area contributed by atoms with Gasteiger partial charge in [-0.25, -0.2) is 4.68 Å². The number of phenols is 1. The zero-order valence-electron chi connectivity index (χ0n) is 8.67. The number of benzene rings is 1. The van der Waals surface area contributed by atoms with E-state index in [2.05, 4.69) is 5.10 Å². The highest BCUT2D eigenvalue weighted by molar-refractivity contribution is 5.52. The van der Waals surface area contributed by atoms with Crippen LogP contribution in [0.3, 0.4) is 0 Å². The van der Waals surface area contributed by atoms with Gasteiger partial charge < -0.3 is 15.9 Å². The normalized spacial score (nSPS) is 10.6. The number of anilines is 1. The lowest BCUT2D eigenvalue weighted by Gasteiger charge is -2.06. The maximum Gasteiger partial charge on any atom is 0.141 e. The number of rotatable bonds is 3. The standard InChI is InChI=1S/C11H13N3O2/c12-11-8(5-6-15)7-13-14(11)9-3-1-2-4-10(9)16/h1-4,7,15-16H,5-6,12H2. The fourth-order valence-corrected chi connectivity index (χ4v) is 1.54. The second-order valence-corrected chi connectivity index (χ2v) is 3.43. The van der Waals surface area contributed by atoms with Crippen molar-refractivity contribution in [3.63, 3.8) is 0 Å². The number of aromatic nitrogens is 2. The maximum atomic E-state index is 9.66. The van der Waals surface area contributed by atoms with E-state index >= 15 is 0 Å². The van der Waals surface area contributed by atoms with E-state index in [0.717, 1.165) is 5.56 Å². The van der Waals surface area contributed by atoms with E-state index in [1.165, 1.54) is 4.68 Å². The van der Waals surface area contributed by atoms with Gasteiger partial charge in [-0.05, 0) is 12.1 Å². The summed E-state index contributed by atoms with van der Waals surface area (Å²) in [6.45, 7) is 0.0245.